The zero-order valence-corrected chi connectivity index (χ0v) is 12.2. The minimum atomic E-state index is 0. The van der Waals surface area contributed by atoms with E-state index in [9.17, 15) is 0 Å². The largest absolute Gasteiger partial charge is 0.344 e. The molecule has 1 rings (SSSR count). The molecule has 0 fully saturated rings. The van der Waals surface area contributed by atoms with Gasteiger partial charge in [0.1, 0.15) is 0 Å². The number of hydrogen-bond acceptors (Lipinski definition) is 1. The summed E-state index contributed by atoms with van der Waals surface area (Å²) in [6, 6.07) is 4.62. The first-order chi connectivity index (χ1) is 6.78. The van der Waals surface area contributed by atoms with Crippen LogP contribution in [0.4, 0.5) is 0 Å². The molecule has 1 aromatic rings. The lowest BCUT2D eigenvalue weighted by atomic mass is 9.92. The van der Waals surface area contributed by atoms with Crippen LogP contribution in [0.25, 0.3) is 0 Å². The van der Waals surface area contributed by atoms with Crippen LogP contribution in [0.5, 0.6) is 0 Å². The Morgan fingerprint density at radius 1 is 0.867 bits per heavy atom. The second-order valence-corrected chi connectivity index (χ2v) is 4.30. The summed E-state index contributed by atoms with van der Waals surface area (Å²) in [7, 11) is 0. The van der Waals surface area contributed by atoms with Crippen LogP contribution in [0.15, 0.2) is 12.1 Å². The second kappa shape index (κ2) is 7.23. The van der Waals surface area contributed by atoms with Gasteiger partial charge in [0.05, 0.1) is 0 Å². The predicted molar refractivity (Wildman–Crippen MR) is 77.3 cm³/mol. The van der Waals surface area contributed by atoms with Crippen molar-refractivity contribution in [3.05, 3.63) is 34.4 Å². The van der Waals surface area contributed by atoms with Crippen molar-refractivity contribution in [3.8, 4) is 0 Å². The van der Waals surface area contributed by atoms with E-state index in [1.807, 2.05) is 0 Å². The topological polar surface area (TPSA) is 35.0 Å². The molecular weight excluding hydrogens is 297 g/mol. The molecule has 0 aliphatic heterocycles. The summed E-state index contributed by atoms with van der Waals surface area (Å²) in [5.74, 6) is 0. The van der Waals surface area contributed by atoms with Crippen molar-refractivity contribution in [2.24, 2.45) is 0 Å². The van der Waals surface area contributed by atoms with Crippen LogP contribution in [0.3, 0.4) is 0 Å². The minimum Gasteiger partial charge on any atom is -0.344 e. The van der Waals surface area contributed by atoms with Crippen LogP contribution in [-0.2, 0) is 23.7 Å². The van der Waals surface area contributed by atoms with E-state index in [1.165, 1.54) is 24.0 Å². The van der Waals surface area contributed by atoms with Gasteiger partial charge in [-0.25, -0.2) is 0 Å². The molecule has 1 nitrogen and oxygen atoms in total. The summed E-state index contributed by atoms with van der Waals surface area (Å²) in [4.78, 5) is 0. The Balaban J connectivity index is 0.00000196. The van der Waals surface area contributed by atoms with E-state index in [0.29, 0.717) is 0 Å². The second-order valence-electron chi connectivity index (χ2n) is 3.54. The van der Waals surface area contributed by atoms with Crippen molar-refractivity contribution in [3.63, 3.8) is 0 Å². The Morgan fingerprint density at radius 2 is 1.33 bits per heavy atom. The SMILES string of the molecule is CCc1ccc(CI)c(CC)c1CC.N. The summed E-state index contributed by atoms with van der Waals surface area (Å²) in [6.07, 6.45) is 3.52. The standard InChI is InChI=1S/C13H19I.H3N/c1-4-10-7-8-11(9-14)13(6-3)12(10)5-2;/h7-8H,4-6,9H2,1-3H3;1H3. The van der Waals surface area contributed by atoms with Crippen molar-refractivity contribution < 1.29 is 0 Å². The molecule has 3 N–H and O–H groups in total. The average Bonchev–Trinajstić information content (AvgIpc) is 2.26. The molecule has 0 atom stereocenters. The molecule has 0 heterocycles. The monoisotopic (exact) mass is 319 g/mol. The highest BCUT2D eigenvalue weighted by Gasteiger charge is 2.08. The smallest absolute Gasteiger partial charge is 0.0249 e. The highest BCUT2D eigenvalue weighted by molar-refractivity contribution is 14.1. The fourth-order valence-corrected chi connectivity index (χ4v) is 2.84. The number of halogens is 1. The van der Waals surface area contributed by atoms with Gasteiger partial charge in [0.25, 0.3) is 0 Å². The van der Waals surface area contributed by atoms with Gasteiger partial charge in [-0.05, 0) is 41.5 Å². The Kier molecular flexibility index (Phi) is 7.18. The number of aryl methyl sites for hydroxylation is 1. The highest BCUT2D eigenvalue weighted by Crippen LogP contribution is 2.23. The van der Waals surface area contributed by atoms with E-state index >= 15 is 0 Å². The first-order valence-corrected chi connectivity index (χ1v) is 6.99. The summed E-state index contributed by atoms with van der Waals surface area (Å²) in [5.41, 5.74) is 6.27. The molecule has 86 valence electrons. The Bertz CT molecular complexity index is 277. The Morgan fingerprint density at radius 3 is 1.73 bits per heavy atom. The maximum Gasteiger partial charge on any atom is 0.0249 e. The summed E-state index contributed by atoms with van der Waals surface area (Å²) >= 11 is 2.46. The zero-order valence-electron chi connectivity index (χ0n) is 10.1. The molecule has 0 aliphatic rings. The van der Waals surface area contributed by atoms with Gasteiger partial charge in [0, 0.05) is 4.43 Å². The lowest BCUT2D eigenvalue weighted by molar-refractivity contribution is 0.967. The van der Waals surface area contributed by atoms with Crippen molar-refractivity contribution in [2.75, 3.05) is 0 Å². The van der Waals surface area contributed by atoms with E-state index < -0.39 is 0 Å². The predicted octanol–water partition coefficient (Wildman–Crippen LogP) is 4.47. The molecule has 0 unspecified atom stereocenters. The minimum absolute atomic E-state index is 0. The number of benzene rings is 1. The fraction of sp³-hybridized carbons (Fsp3) is 0.538. The van der Waals surface area contributed by atoms with Crippen molar-refractivity contribution >= 4 is 22.6 Å². The van der Waals surface area contributed by atoms with Gasteiger partial charge < -0.3 is 6.15 Å². The van der Waals surface area contributed by atoms with Crippen molar-refractivity contribution in [1.82, 2.24) is 6.15 Å². The van der Waals surface area contributed by atoms with E-state index in [1.54, 1.807) is 11.1 Å². The van der Waals surface area contributed by atoms with Gasteiger partial charge in [-0.2, -0.15) is 0 Å². The molecule has 0 aliphatic carbocycles. The van der Waals surface area contributed by atoms with Crippen LogP contribution in [0.2, 0.25) is 0 Å². The molecule has 0 radical (unpaired) electrons. The van der Waals surface area contributed by atoms with Crippen LogP contribution < -0.4 is 6.15 Å². The van der Waals surface area contributed by atoms with Gasteiger partial charge in [-0.3, -0.25) is 0 Å². The first kappa shape index (κ1) is 14.9. The third kappa shape index (κ3) is 3.18. The fourth-order valence-electron chi connectivity index (χ4n) is 2.13. The van der Waals surface area contributed by atoms with Crippen LogP contribution >= 0.6 is 22.6 Å². The maximum absolute atomic E-state index is 2.46. The normalized spacial score (nSPS) is 9.87. The third-order valence-electron chi connectivity index (χ3n) is 2.86. The number of hydrogen-bond donors (Lipinski definition) is 1. The van der Waals surface area contributed by atoms with Gasteiger partial charge in [-0.1, -0.05) is 55.5 Å². The number of rotatable bonds is 4. The molecule has 0 saturated carbocycles. The summed E-state index contributed by atoms with van der Waals surface area (Å²) < 4.78 is 1.14. The van der Waals surface area contributed by atoms with E-state index in [4.69, 9.17) is 0 Å². The van der Waals surface area contributed by atoms with E-state index in [2.05, 4.69) is 55.5 Å². The lowest BCUT2D eigenvalue weighted by Crippen LogP contribution is -2.01. The lowest BCUT2D eigenvalue weighted by Gasteiger charge is -2.15. The van der Waals surface area contributed by atoms with Crippen molar-refractivity contribution in [2.45, 2.75) is 44.5 Å². The zero-order chi connectivity index (χ0) is 10.6. The molecule has 1 aromatic carbocycles. The molecule has 15 heavy (non-hydrogen) atoms. The van der Waals surface area contributed by atoms with Crippen LogP contribution in [0.1, 0.15) is 43.0 Å². The molecule has 2 heteroatoms. The van der Waals surface area contributed by atoms with E-state index in [-0.39, 0.29) is 6.15 Å². The quantitative estimate of drug-likeness (QED) is 0.645. The summed E-state index contributed by atoms with van der Waals surface area (Å²) in [6.45, 7) is 6.78. The Hall–Kier alpha value is -0.0900. The average molecular weight is 319 g/mol. The molecule has 0 spiro atoms. The van der Waals surface area contributed by atoms with Gasteiger partial charge in [-0.15, -0.1) is 0 Å². The van der Waals surface area contributed by atoms with Gasteiger partial charge in [0.2, 0.25) is 0 Å². The van der Waals surface area contributed by atoms with Crippen LogP contribution in [0, 0.1) is 0 Å². The number of alkyl halides is 1. The molecule has 0 aromatic heterocycles. The molecule has 0 amide bonds. The molecule has 0 saturated heterocycles. The maximum atomic E-state index is 2.46. The molecule has 0 bridgehead atoms. The van der Waals surface area contributed by atoms with Gasteiger partial charge in [0.15, 0.2) is 0 Å². The summed E-state index contributed by atoms with van der Waals surface area (Å²) in [5, 5.41) is 0. The first-order valence-electron chi connectivity index (χ1n) is 5.46. The van der Waals surface area contributed by atoms with E-state index in [0.717, 1.165) is 10.8 Å². The van der Waals surface area contributed by atoms with Gasteiger partial charge >= 0.3 is 0 Å². The Labute approximate surface area is 107 Å². The highest BCUT2D eigenvalue weighted by atomic mass is 127. The third-order valence-corrected chi connectivity index (χ3v) is 3.68. The molecular formula is C13H22IN. The van der Waals surface area contributed by atoms with Crippen molar-refractivity contribution in [1.29, 1.82) is 0 Å². The van der Waals surface area contributed by atoms with Crippen LogP contribution in [-0.4, -0.2) is 0 Å².